The maximum absolute atomic E-state index is 14.1. The van der Waals surface area contributed by atoms with Crippen LogP contribution in [0.25, 0.3) is 0 Å². The van der Waals surface area contributed by atoms with Gasteiger partial charge in [0.05, 0.1) is 11.5 Å². The van der Waals surface area contributed by atoms with Crippen LogP contribution in [0.4, 0.5) is 0 Å². The predicted octanol–water partition coefficient (Wildman–Crippen LogP) is 2.71. The number of hydrogen-bond acceptors (Lipinski definition) is 10. The number of benzene rings is 1. The highest BCUT2D eigenvalue weighted by Crippen LogP contribution is 2.65. The minimum atomic E-state index is -2.57. The fraction of sp³-hybridized carbons (Fsp3) is 0.516. The Morgan fingerprint density at radius 1 is 0.976 bits per heavy atom. The van der Waals surface area contributed by atoms with Crippen molar-refractivity contribution in [1.29, 1.82) is 0 Å². The second kappa shape index (κ2) is 10.0. The first-order valence-electron chi connectivity index (χ1n) is 13.5. The third-order valence-corrected chi connectivity index (χ3v) is 9.18. The van der Waals surface area contributed by atoms with Crippen LogP contribution in [-0.4, -0.2) is 63.1 Å². The molecule has 8 atom stereocenters. The van der Waals surface area contributed by atoms with Gasteiger partial charge >= 0.3 is 17.9 Å². The van der Waals surface area contributed by atoms with E-state index in [1.807, 2.05) is 0 Å². The van der Waals surface area contributed by atoms with Crippen LogP contribution in [0.5, 0.6) is 0 Å². The molecule has 1 aromatic carbocycles. The SMILES string of the molecule is C=C[C@H]1[C@@H](OC(=O)c2ccccc2)[C@@H]2[C@@]3(C)C=C(OC(C)=O)C(=O)C(C)(C)[C@@H]3C[C@@H](OC(C)=O)[C@@]2(O)C(=O)[C@@]1(C)O. The van der Waals surface area contributed by atoms with Gasteiger partial charge in [-0.05, 0) is 37.5 Å². The molecule has 41 heavy (non-hydrogen) atoms. The number of fused-ring (bicyclic) bond motifs is 3. The summed E-state index contributed by atoms with van der Waals surface area (Å²) in [4.78, 5) is 65.3. The molecule has 0 saturated heterocycles. The van der Waals surface area contributed by atoms with Crippen molar-refractivity contribution in [2.24, 2.45) is 28.6 Å². The van der Waals surface area contributed by atoms with E-state index >= 15 is 0 Å². The van der Waals surface area contributed by atoms with Gasteiger partial charge in [-0.25, -0.2) is 4.79 Å². The van der Waals surface area contributed by atoms with E-state index in [1.54, 1.807) is 39.0 Å². The van der Waals surface area contributed by atoms with Crippen molar-refractivity contribution >= 4 is 29.5 Å². The maximum Gasteiger partial charge on any atom is 0.338 e. The molecule has 4 rings (SSSR count). The van der Waals surface area contributed by atoms with E-state index in [-0.39, 0.29) is 17.7 Å². The van der Waals surface area contributed by atoms with Gasteiger partial charge in [-0.1, -0.05) is 45.0 Å². The lowest BCUT2D eigenvalue weighted by molar-refractivity contribution is -0.263. The largest absolute Gasteiger partial charge is 0.459 e. The number of carbonyl (C=O) groups excluding carboxylic acids is 5. The third kappa shape index (κ3) is 4.53. The summed E-state index contributed by atoms with van der Waals surface area (Å²) in [5.41, 5.74) is -7.29. The number of ketones is 2. The average Bonchev–Trinajstić information content (AvgIpc) is 2.87. The molecule has 2 fully saturated rings. The first-order chi connectivity index (χ1) is 18.9. The van der Waals surface area contributed by atoms with Gasteiger partial charge in [-0.15, -0.1) is 6.58 Å². The summed E-state index contributed by atoms with van der Waals surface area (Å²) in [5.74, 6) is -7.43. The molecule has 220 valence electrons. The van der Waals surface area contributed by atoms with Crippen LogP contribution >= 0.6 is 0 Å². The smallest absolute Gasteiger partial charge is 0.338 e. The van der Waals surface area contributed by atoms with Gasteiger partial charge < -0.3 is 24.4 Å². The second-order valence-electron chi connectivity index (χ2n) is 12.2. The molecule has 0 bridgehead atoms. The van der Waals surface area contributed by atoms with Crippen LogP contribution in [0, 0.1) is 28.6 Å². The monoisotopic (exact) mass is 568 g/mol. The Balaban J connectivity index is 2.03. The van der Waals surface area contributed by atoms with Gasteiger partial charge in [-0.3, -0.25) is 19.2 Å². The second-order valence-corrected chi connectivity index (χ2v) is 12.2. The molecule has 0 heterocycles. The zero-order valence-electron chi connectivity index (χ0n) is 24.0. The molecule has 0 spiro atoms. The number of rotatable bonds is 5. The van der Waals surface area contributed by atoms with Crippen molar-refractivity contribution < 1.29 is 48.4 Å². The van der Waals surface area contributed by atoms with Crippen LogP contribution in [0.2, 0.25) is 0 Å². The lowest BCUT2D eigenvalue weighted by Crippen LogP contribution is -2.79. The highest BCUT2D eigenvalue weighted by Gasteiger charge is 2.76. The Labute approximate surface area is 238 Å². The van der Waals surface area contributed by atoms with Crippen molar-refractivity contribution in [3.63, 3.8) is 0 Å². The van der Waals surface area contributed by atoms with Crippen molar-refractivity contribution in [2.45, 2.75) is 71.4 Å². The number of allylic oxidation sites excluding steroid dienone is 2. The molecule has 10 nitrogen and oxygen atoms in total. The molecule has 2 N–H and O–H groups in total. The van der Waals surface area contributed by atoms with Gasteiger partial charge in [0.25, 0.3) is 0 Å². The van der Waals surface area contributed by atoms with E-state index < -0.39 is 81.5 Å². The van der Waals surface area contributed by atoms with Crippen molar-refractivity contribution in [2.75, 3.05) is 0 Å². The molecule has 3 aliphatic rings. The zero-order valence-corrected chi connectivity index (χ0v) is 24.0. The number of carbonyl (C=O) groups is 5. The quantitative estimate of drug-likeness (QED) is 0.308. The van der Waals surface area contributed by atoms with Gasteiger partial charge in [0.1, 0.15) is 17.8 Å². The molecule has 0 amide bonds. The Bertz CT molecular complexity index is 1340. The van der Waals surface area contributed by atoms with E-state index in [0.29, 0.717) is 0 Å². The number of esters is 3. The van der Waals surface area contributed by atoms with Gasteiger partial charge in [0.2, 0.25) is 5.78 Å². The lowest BCUT2D eigenvalue weighted by Gasteiger charge is -2.65. The van der Waals surface area contributed by atoms with E-state index in [0.717, 1.165) is 13.8 Å². The first-order valence-corrected chi connectivity index (χ1v) is 13.5. The fourth-order valence-corrected chi connectivity index (χ4v) is 7.44. The molecule has 3 aliphatic carbocycles. The van der Waals surface area contributed by atoms with Crippen LogP contribution in [-0.2, 0) is 33.4 Å². The first kappa shape index (κ1) is 30.3. The maximum atomic E-state index is 14.1. The van der Waals surface area contributed by atoms with E-state index in [2.05, 4.69) is 6.58 Å². The van der Waals surface area contributed by atoms with Gasteiger partial charge in [0.15, 0.2) is 17.1 Å². The summed E-state index contributed by atoms with van der Waals surface area (Å²) >= 11 is 0. The average molecular weight is 569 g/mol. The van der Waals surface area contributed by atoms with Crippen molar-refractivity contribution in [3.8, 4) is 0 Å². The summed E-state index contributed by atoms with van der Waals surface area (Å²) in [6.45, 7) is 12.2. The summed E-state index contributed by atoms with van der Waals surface area (Å²) in [6.07, 6.45) is -0.372. The fourth-order valence-electron chi connectivity index (χ4n) is 7.44. The number of aliphatic hydroxyl groups is 2. The normalized spacial score (nSPS) is 37.6. The minimum absolute atomic E-state index is 0.147. The highest BCUT2D eigenvalue weighted by atomic mass is 16.6. The Kier molecular flexibility index (Phi) is 7.42. The zero-order chi connectivity index (χ0) is 30.7. The molecular formula is C31H36O10. The lowest BCUT2D eigenvalue weighted by atomic mass is 9.41. The summed E-state index contributed by atoms with van der Waals surface area (Å²) in [5, 5.41) is 24.0. The van der Waals surface area contributed by atoms with Gasteiger partial charge in [0, 0.05) is 30.6 Å². The van der Waals surface area contributed by atoms with Crippen molar-refractivity contribution in [1.82, 2.24) is 0 Å². The minimum Gasteiger partial charge on any atom is -0.459 e. The topological polar surface area (TPSA) is 154 Å². The number of Topliss-reactive ketones (excluding diaryl/α,β-unsaturated/α-hetero) is 2. The molecule has 0 unspecified atom stereocenters. The van der Waals surface area contributed by atoms with Crippen LogP contribution < -0.4 is 0 Å². The number of ether oxygens (including phenoxy) is 3. The van der Waals surface area contributed by atoms with E-state index in [9.17, 15) is 34.2 Å². The standard InChI is InChI=1S/C31H36O10/c1-8-19-23(41-26(35)18-12-10-9-11-13-18)24-29(6)15-20(39-16(2)32)25(34)28(4,5)21(29)14-22(40-17(3)33)31(24,38)27(36)30(19,7)37/h8-13,15,19,21-24,37-38H,1,14H2,2-7H3/t19-,21-,22+,23+,24+,29-,30-,31-/m0/s1. The summed E-state index contributed by atoms with van der Waals surface area (Å²) in [7, 11) is 0. The Hall–Kier alpha value is -3.63. The van der Waals surface area contributed by atoms with E-state index in [4.69, 9.17) is 14.2 Å². The molecule has 1 aromatic rings. The summed E-state index contributed by atoms with van der Waals surface area (Å²) in [6, 6.07) is 8.04. The highest BCUT2D eigenvalue weighted by molar-refractivity contribution is 6.02. The predicted molar refractivity (Wildman–Crippen MR) is 144 cm³/mol. The molecule has 10 heteroatoms. The Morgan fingerprint density at radius 3 is 2.12 bits per heavy atom. The van der Waals surface area contributed by atoms with Crippen LogP contribution in [0.1, 0.15) is 58.3 Å². The molecular weight excluding hydrogens is 532 g/mol. The number of hydrogen-bond donors (Lipinski definition) is 2. The Morgan fingerprint density at radius 2 is 1.59 bits per heavy atom. The summed E-state index contributed by atoms with van der Waals surface area (Å²) < 4.78 is 16.9. The molecule has 2 saturated carbocycles. The van der Waals surface area contributed by atoms with E-state index in [1.165, 1.54) is 31.2 Å². The van der Waals surface area contributed by atoms with Crippen LogP contribution in [0.15, 0.2) is 54.8 Å². The van der Waals surface area contributed by atoms with Crippen molar-refractivity contribution in [3.05, 3.63) is 60.4 Å². The third-order valence-electron chi connectivity index (χ3n) is 9.18. The van der Waals surface area contributed by atoms with Crippen LogP contribution in [0.3, 0.4) is 0 Å². The molecule has 0 radical (unpaired) electrons. The molecule has 0 aliphatic heterocycles. The van der Waals surface area contributed by atoms with Gasteiger partial charge in [-0.2, -0.15) is 0 Å². The molecule has 0 aromatic heterocycles.